The number of ether oxygens (including phenoxy) is 1. The molecule has 9 nitrogen and oxygen atoms in total. The van der Waals surface area contributed by atoms with Gasteiger partial charge in [0, 0.05) is 18.3 Å². The lowest BCUT2D eigenvalue weighted by molar-refractivity contribution is -0.137. The van der Waals surface area contributed by atoms with Crippen molar-refractivity contribution in [2.45, 2.75) is 55.4 Å². The molecule has 210 valence electrons. The first-order valence-corrected chi connectivity index (χ1v) is 14.0. The Labute approximate surface area is 228 Å². The summed E-state index contributed by atoms with van der Waals surface area (Å²) >= 11 is 0. The number of rotatable bonds is 6. The van der Waals surface area contributed by atoms with Crippen molar-refractivity contribution in [3.05, 3.63) is 59.4 Å². The van der Waals surface area contributed by atoms with Crippen LogP contribution in [0.25, 0.3) is 4.85 Å². The van der Waals surface area contributed by atoms with Crippen molar-refractivity contribution < 1.29 is 40.7 Å². The van der Waals surface area contributed by atoms with Gasteiger partial charge in [0.25, 0.3) is 0 Å². The van der Waals surface area contributed by atoms with E-state index in [1.807, 2.05) is 0 Å². The van der Waals surface area contributed by atoms with Crippen LogP contribution < -0.4 is 10.2 Å². The Kier molecular flexibility index (Phi) is 6.35. The molecule has 2 aromatic rings. The Balaban J connectivity index is 1.43. The average molecular weight is 576 g/mol. The fourth-order valence-electron chi connectivity index (χ4n) is 6.23. The molecule has 3 aliphatic rings. The van der Waals surface area contributed by atoms with Gasteiger partial charge in [-0.25, -0.2) is 18.2 Å². The largest absolute Gasteiger partial charge is 0.407 e. The van der Waals surface area contributed by atoms with Crippen molar-refractivity contribution in [1.29, 1.82) is 0 Å². The number of carbonyl (C=O) groups excluding carboxylic acids is 3. The molecule has 3 heterocycles. The topological polar surface area (TPSA) is 114 Å². The number of benzene rings is 2. The minimum atomic E-state index is -4.87. The van der Waals surface area contributed by atoms with Gasteiger partial charge in [-0.2, -0.15) is 13.2 Å². The number of nitrogens with one attached hydrogen (secondary N) is 1. The van der Waals surface area contributed by atoms with Gasteiger partial charge in [-0.3, -0.25) is 14.4 Å². The lowest BCUT2D eigenvalue weighted by Gasteiger charge is -2.31. The number of carbonyl (C=O) groups is 3. The molecule has 1 N–H and O–H groups in total. The van der Waals surface area contributed by atoms with Crippen molar-refractivity contribution in [2.24, 2.45) is 11.8 Å². The van der Waals surface area contributed by atoms with Gasteiger partial charge in [-0.15, -0.1) is 0 Å². The minimum Gasteiger partial charge on any atom is -0.367 e. The van der Waals surface area contributed by atoms with Gasteiger partial charge in [0.15, 0.2) is 15.5 Å². The summed E-state index contributed by atoms with van der Waals surface area (Å²) in [4.78, 5) is 42.0. The summed E-state index contributed by atoms with van der Waals surface area (Å²) in [5, 5.41) is 2.55. The Morgan fingerprint density at radius 3 is 2.38 bits per heavy atom. The van der Waals surface area contributed by atoms with Crippen LogP contribution in [0.5, 0.6) is 0 Å². The lowest BCUT2D eigenvalue weighted by atomic mass is 9.67. The molecule has 2 aromatic carbocycles. The second-order valence-electron chi connectivity index (χ2n) is 10.5. The van der Waals surface area contributed by atoms with Gasteiger partial charge >= 0.3 is 6.18 Å². The van der Waals surface area contributed by atoms with Crippen LogP contribution in [0.1, 0.15) is 38.7 Å². The van der Waals surface area contributed by atoms with Crippen molar-refractivity contribution in [3.8, 4) is 0 Å². The first-order valence-electron chi connectivity index (χ1n) is 12.4. The molecule has 5 rings (SSSR count). The monoisotopic (exact) mass is 575 g/mol. The fraction of sp³-hybridized carbons (Fsp3) is 0.407. The number of alkyl halides is 3. The Hall–Kier alpha value is -3.76. The highest BCUT2D eigenvalue weighted by atomic mass is 32.2. The number of imide groups is 1. The molecule has 13 heteroatoms. The summed E-state index contributed by atoms with van der Waals surface area (Å²) in [6.45, 7) is 10.0. The smallest absolute Gasteiger partial charge is 0.367 e. The van der Waals surface area contributed by atoms with Crippen LogP contribution in [-0.4, -0.2) is 43.1 Å². The minimum absolute atomic E-state index is 0.00309. The number of sulfone groups is 1. The van der Waals surface area contributed by atoms with Gasteiger partial charge in [0.2, 0.25) is 17.7 Å². The third-order valence-electron chi connectivity index (χ3n) is 8.00. The predicted octanol–water partition coefficient (Wildman–Crippen LogP) is 4.51. The second kappa shape index (κ2) is 9.14. The molecule has 3 amide bonds. The molecule has 0 aromatic heterocycles. The van der Waals surface area contributed by atoms with Crippen molar-refractivity contribution >= 4 is 44.6 Å². The van der Waals surface area contributed by atoms with E-state index >= 15 is 0 Å². The van der Waals surface area contributed by atoms with E-state index in [1.54, 1.807) is 6.92 Å². The first kappa shape index (κ1) is 27.8. The molecule has 0 saturated carbocycles. The number of anilines is 2. The molecule has 0 aliphatic carbocycles. The number of halogens is 3. The van der Waals surface area contributed by atoms with Gasteiger partial charge in [0.05, 0.1) is 45.8 Å². The molecule has 0 radical (unpaired) electrons. The highest BCUT2D eigenvalue weighted by Crippen LogP contribution is 2.62. The number of hydrogen-bond donors (Lipinski definition) is 1. The van der Waals surface area contributed by atoms with E-state index in [1.165, 1.54) is 31.2 Å². The highest BCUT2D eigenvalue weighted by molar-refractivity contribution is 7.91. The maximum absolute atomic E-state index is 13.7. The Morgan fingerprint density at radius 2 is 1.77 bits per heavy atom. The molecule has 3 fully saturated rings. The number of amides is 3. The summed E-state index contributed by atoms with van der Waals surface area (Å²) in [7, 11) is -3.85. The maximum atomic E-state index is 13.7. The van der Waals surface area contributed by atoms with Crippen LogP contribution in [-0.2, 0) is 35.1 Å². The quantitative estimate of drug-likeness (QED) is 0.401. The van der Waals surface area contributed by atoms with E-state index in [2.05, 4.69) is 10.2 Å². The average Bonchev–Trinajstić information content (AvgIpc) is 3.46. The predicted molar refractivity (Wildman–Crippen MR) is 136 cm³/mol. The summed E-state index contributed by atoms with van der Waals surface area (Å²) in [5.74, 6) is -4.22. The van der Waals surface area contributed by atoms with E-state index < -0.39 is 67.9 Å². The van der Waals surface area contributed by atoms with E-state index in [0.29, 0.717) is 29.5 Å². The molecule has 4 atom stereocenters. The zero-order valence-electron chi connectivity index (χ0n) is 21.4. The molecule has 0 spiro atoms. The normalized spacial score (nSPS) is 27.6. The van der Waals surface area contributed by atoms with E-state index in [0.717, 1.165) is 12.1 Å². The SMILES string of the molecule is [C-]#[N+]c1ccc(N2C(=O)[C@@H]3[C@H](C2=O)C2(CCS(=O)(=O)c4ccc(NC(C)=O)cc4)CCC3(C)O2)cc1C(F)(F)F. The van der Waals surface area contributed by atoms with E-state index in [-0.39, 0.29) is 22.9 Å². The van der Waals surface area contributed by atoms with Gasteiger partial charge < -0.3 is 10.1 Å². The third kappa shape index (κ3) is 4.35. The highest BCUT2D eigenvalue weighted by Gasteiger charge is 2.74. The van der Waals surface area contributed by atoms with Crippen LogP contribution in [0.4, 0.5) is 30.2 Å². The van der Waals surface area contributed by atoms with Crippen LogP contribution in [0.15, 0.2) is 47.4 Å². The van der Waals surface area contributed by atoms with Crippen LogP contribution in [0.3, 0.4) is 0 Å². The van der Waals surface area contributed by atoms with Crippen LogP contribution in [0, 0.1) is 18.4 Å². The zero-order chi connectivity index (χ0) is 29.3. The number of fused-ring (bicyclic) bond motifs is 5. The van der Waals surface area contributed by atoms with Crippen molar-refractivity contribution in [2.75, 3.05) is 16.0 Å². The number of hydrogen-bond acceptors (Lipinski definition) is 6. The van der Waals surface area contributed by atoms with Crippen molar-refractivity contribution in [3.63, 3.8) is 0 Å². The molecule has 3 aliphatic heterocycles. The standard InChI is InChI=1S/C27H24F3N3O6S/c1-15(34)32-16-4-7-18(8-5-16)40(37,38)13-12-26-11-10-25(2,39-26)21-22(26)24(36)33(23(21)35)17-6-9-20(31-3)19(14-17)27(28,29)30/h4-9,14,21-22H,10-13H2,1-2H3,(H,32,34)/t21-,22+,25?,26?/m0/s1. The maximum Gasteiger partial charge on any atom is 0.407 e. The first-order chi connectivity index (χ1) is 18.6. The van der Waals surface area contributed by atoms with Crippen LogP contribution >= 0.6 is 0 Å². The molecule has 2 unspecified atom stereocenters. The summed E-state index contributed by atoms with van der Waals surface area (Å²) < 4.78 is 73.3. The lowest BCUT2D eigenvalue weighted by Crippen LogP contribution is -2.43. The van der Waals surface area contributed by atoms with Crippen molar-refractivity contribution in [1.82, 2.24) is 0 Å². The summed E-state index contributed by atoms with van der Waals surface area (Å²) in [5.41, 5.74) is -4.15. The van der Waals surface area contributed by atoms with Gasteiger partial charge in [-0.05, 0) is 62.6 Å². The molecule has 3 saturated heterocycles. The summed E-state index contributed by atoms with van der Waals surface area (Å²) in [6, 6.07) is 8.29. The van der Waals surface area contributed by atoms with Gasteiger partial charge in [-0.1, -0.05) is 6.07 Å². The Morgan fingerprint density at radius 1 is 1.12 bits per heavy atom. The molecule has 2 bridgehead atoms. The van der Waals surface area contributed by atoms with Crippen LogP contribution in [0.2, 0.25) is 0 Å². The zero-order valence-corrected chi connectivity index (χ0v) is 22.2. The fourth-order valence-corrected chi connectivity index (χ4v) is 7.63. The third-order valence-corrected chi connectivity index (χ3v) is 9.74. The molecule has 40 heavy (non-hydrogen) atoms. The Bertz CT molecular complexity index is 1580. The van der Waals surface area contributed by atoms with Gasteiger partial charge in [0.1, 0.15) is 0 Å². The second-order valence-corrected chi connectivity index (χ2v) is 12.6. The summed E-state index contributed by atoms with van der Waals surface area (Å²) in [6.07, 6.45) is -4.30. The van der Waals surface area contributed by atoms with E-state index in [9.17, 15) is 36.0 Å². The van der Waals surface area contributed by atoms with E-state index in [4.69, 9.17) is 11.3 Å². The molecular formula is C27H24F3N3O6S. The molecular weight excluding hydrogens is 551 g/mol. The number of nitrogens with zero attached hydrogens (tertiary/aromatic N) is 2.